The lowest BCUT2D eigenvalue weighted by Gasteiger charge is -2.49. The Balaban J connectivity index is 1.31. The fraction of sp³-hybridized carbons (Fsp3) is 0.333. The molecule has 2 N–H and O–H groups in total. The quantitative estimate of drug-likeness (QED) is 0.575. The normalized spacial score (nSPS) is 23.4. The number of fused-ring (bicyclic) bond motifs is 1. The van der Waals surface area contributed by atoms with Crippen molar-refractivity contribution in [2.24, 2.45) is 0 Å². The summed E-state index contributed by atoms with van der Waals surface area (Å²) in [7, 11) is 0. The molecule has 172 valence electrons. The Morgan fingerprint density at radius 2 is 1.94 bits per heavy atom. The van der Waals surface area contributed by atoms with Gasteiger partial charge in [0.25, 0.3) is 5.91 Å². The highest BCUT2D eigenvalue weighted by Gasteiger charge is 2.42. The third kappa shape index (κ3) is 4.15. The third-order valence-corrected chi connectivity index (χ3v) is 7.40. The van der Waals surface area contributed by atoms with Gasteiger partial charge in [-0.15, -0.1) is 5.10 Å². The van der Waals surface area contributed by atoms with Crippen LogP contribution in [0.3, 0.4) is 0 Å². The first kappa shape index (κ1) is 22.3. The molecule has 2 aliphatic rings. The summed E-state index contributed by atoms with van der Waals surface area (Å²) in [6.07, 6.45) is 2.79. The van der Waals surface area contributed by atoms with Gasteiger partial charge in [0.15, 0.2) is 0 Å². The van der Waals surface area contributed by atoms with Gasteiger partial charge < -0.3 is 10.0 Å². The Morgan fingerprint density at radius 3 is 2.67 bits per heavy atom. The van der Waals surface area contributed by atoms with Gasteiger partial charge in [0.2, 0.25) is 5.95 Å². The number of aromatic amines is 1. The van der Waals surface area contributed by atoms with E-state index in [1.54, 1.807) is 35.2 Å². The predicted octanol–water partition coefficient (Wildman–Crippen LogP) is 4.33. The number of hydrogen-bond acceptors (Lipinski definition) is 4. The van der Waals surface area contributed by atoms with Crippen LogP contribution in [0.2, 0.25) is 10.0 Å². The number of nitrogens with one attached hydrogen (secondary N) is 1. The number of piperazine rings is 1. The Bertz CT molecular complexity index is 1190. The first-order valence-electron chi connectivity index (χ1n) is 10.9. The van der Waals surface area contributed by atoms with Crippen LogP contribution in [0.4, 0.5) is 4.39 Å². The molecular weight excluding hydrogens is 466 g/mol. The molecule has 0 bridgehead atoms. The van der Waals surface area contributed by atoms with Gasteiger partial charge in [-0.1, -0.05) is 47.5 Å². The number of amides is 1. The second-order valence-corrected chi connectivity index (χ2v) is 9.52. The SMILES string of the molecule is O=C(c1cccc(-c2c[nH]nc2F)c1Cl)N1CCN2C[C@@](O)(c3ccc(Cl)cc3)CC[C@@H]2C1. The van der Waals surface area contributed by atoms with Crippen molar-refractivity contribution in [1.82, 2.24) is 20.0 Å². The summed E-state index contributed by atoms with van der Waals surface area (Å²) >= 11 is 12.5. The number of rotatable bonds is 3. The fourth-order valence-electron chi connectivity index (χ4n) is 4.91. The van der Waals surface area contributed by atoms with Gasteiger partial charge in [-0.25, -0.2) is 0 Å². The monoisotopic (exact) mass is 488 g/mol. The van der Waals surface area contributed by atoms with Gasteiger partial charge in [-0.3, -0.25) is 14.8 Å². The maximum absolute atomic E-state index is 14.0. The molecule has 2 atom stereocenters. The van der Waals surface area contributed by atoms with Crippen LogP contribution in [0.25, 0.3) is 11.1 Å². The second kappa shape index (κ2) is 8.72. The van der Waals surface area contributed by atoms with Crippen LogP contribution in [0.1, 0.15) is 28.8 Å². The summed E-state index contributed by atoms with van der Waals surface area (Å²) in [6.45, 7) is 2.24. The van der Waals surface area contributed by atoms with Crippen LogP contribution in [0.5, 0.6) is 0 Å². The number of halogens is 3. The van der Waals surface area contributed by atoms with Gasteiger partial charge >= 0.3 is 0 Å². The summed E-state index contributed by atoms with van der Waals surface area (Å²) < 4.78 is 14.0. The lowest BCUT2D eigenvalue weighted by atomic mass is 9.82. The second-order valence-electron chi connectivity index (χ2n) is 8.71. The lowest BCUT2D eigenvalue weighted by molar-refractivity contribution is -0.0740. The van der Waals surface area contributed by atoms with Crippen molar-refractivity contribution < 1.29 is 14.3 Å². The fourth-order valence-corrected chi connectivity index (χ4v) is 5.35. The van der Waals surface area contributed by atoms with E-state index in [-0.39, 0.29) is 22.5 Å². The summed E-state index contributed by atoms with van der Waals surface area (Å²) in [5, 5.41) is 18.1. The van der Waals surface area contributed by atoms with Gasteiger partial charge in [0.05, 0.1) is 16.1 Å². The number of H-pyrrole nitrogens is 1. The number of hydrogen-bond donors (Lipinski definition) is 2. The molecule has 3 aromatic rings. The number of piperidine rings is 1. The van der Waals surface area contributed by atoms with E-state index in [0.29, 0.717) is 48.7 Å². The molecule has 2 aliphatic heterocycles. The summed E-state index contributed by atoms with van der Waals surface area (Å²) in [5.41, 5.74) is 0.932. The average molecular weight is 489 g/mol. The Morgan fingerprint density at radius 1 is 1.15 bits per heavy atom. The van der Waals surface area contributed by atoms with Crippen LogP contribution >= 0.6 is 23.2 Å². The zero-order valence-electron chi connectivity index (χ0n) is 17.8. The Hall–Kier alpha value is -2.45. The number of carbonyl (C=O) groups is 1. The topological polar surface area (TPSA) is 72.5 Å². The van der Waals surface area contributed by atoms with Crippen LogP contribution in [0.15, 0.2) is 48.7 Å². The van der Waals surface area contributed by atoms with E-state index in [4.69, 9.17) is 23.2 Å². The van der Waals surface area contributed by atoms with Crippen molar-refractivity contribution in [3.05, 3.63) is 75.8 Å². The lowest BCUT2D eigenvalue weighted by Crippen LogP contribution is -2.60. The van der Waals surface area contributed by atoms with Crippen LogP contribution in [0, 0.1) is 5.95 Å². The molecule has 1 amide bonds. The molecule has 2 fully saturated rings. The number of carbonyl (C=O) groups excluding carboxylic acids is 1. The van der Waals surface area contributed by atoms with Crippen LogP contribution in [-0.4, -0.2) is 63.2 Å². The zero-order chi connectivity index (χ0) is 23.2. The molecule has 1 aromatic heterocycles. The first-order valence-corrected chi connectivity index (χ1v) is 11.6. The minimum absolute atomic E-state index is 0.156. The van der Waals surface area contributed by atoms with Crippen molar-refractivity contribution in [2.75, 3.05) is 26.2 Å². The van der Waals surface area contributed by atoms with E-state index in [2.05, 4.69) is 15.1 Å². The maximum Gasteiger partial charge on any atom is 0.255 e. The zero-order valence-corrected chi connectivity index (χ0v) is 19.3. The largest absolute Gasteiger partial charge is 0.384 e. The standard InChI is InChI=1S/C24H23Cl2FN4O2/c25-16-6-4-15(5-7-16)24(33)9-8-17-13-30(10-11-31(17)14-24)23(32)19-3-1-2-18(21(19)26)20-12-28-29-22(20)27/h1-7,12,17,33H,8-11,13-14H2,(H,28,29)/t17-,24-/m1/s1. The minimum atomic E-state index is -0.931. The van der Waals surface area contributed by atoms with Crippen molar-refractivity contribution >= 4 is 29.1 Å². The predicted molar refractivity (Wildman–Crippen MR) is 125 cm³/mol. The number of nitrogens with zero attached hydrogens (tertiary/aromatic N) is 3. The molecule has 6 nitrogen and oxygen atoms in total. The number of benzene rings is 2. The Labute approximate surface area is 200 Å². The summed E-state index contributed by atoms with van der Waals surface area (Å²) in [6, 6.07) is 12.5. The van der Waals surface area contributed by atoms with Crippen molar-refractivity contribution in [3.63, 3.8) is 0 Å². The molecule has 9 heteroatoms. The minimum Gasteiger partial charge on any atom is -0.384 e. The van der Waals surface area contributed by atoms with Gasteiger partial charge in [-0.05, 0) is 36.6 Å². The van der Waals surface area contributed by atoms with Gasteiger partial charge in [0, 0.05) is 49.0 Å². The molecule has 0 radical (unpaired) electrons. The van der Waals surface area contributed by atoms with E-state index in [9.17, 15) is 14.3 Å². The van der Waals surface area contributed by atoms with E-state index in [1.165, 1.54) is 6.20 Å². The molecule has 2 saturated heterocycles. The van der Waals surface area contributed by atoms with Gasteiger partial charge in [0.1, 0.15) is 5.60 Å². The highest BCUT2D eigenvalue weighted by Crippen LogP contribution is 2.37. The van der Waals surface area contributed by atoms with E-state index < -0.39 is 11.5 Å². The molecule has 0 spiro atoms. The molecule has 33 heavy (non-hydrogen) atoms. The smallest absolute Gasteiger partial charge is 0.255 e. The van der Waals surface area contributed by atoms with Crippen molar-refractivity contribution in [1.29, 1.82) is 0 Å². The molecule has 0 unspecified atom stereocenters. The van der Waals surface area contributed by atoms with Gasteiger partial charge in [-0.2, -0.15) is 4.39 Å². The number of aliphatic hydroxyl groups is 1. The highest BCUT2D eigenvalue weighted by molar-refractivity contribution is 6.36. The number of aromatic nitrogens is 2. The molecule has 0 aliphatic carbocycles. The summed E-state index contributed by atoms with van der Waals surface area (Å²) in [4.78, 5) is 17.4. The first-order chi connectivity index (χ1) is 15.9. The average Bonchev–Trinajstić information content (AvgIpc) is 3.24. The van der Waals surface area contributed by atoms with E-state index in [0.717, 1.165) is 12.0 Å². The van der Waals surface area contributed by atoms with Crippen LogP contribution in [-0.2, 0) is 5.60 Å². The molecule has 2 aromatic carbocycles. The molecular formula is C24H23Cl2FN4O2. The maximum atomic E-state index is 14.0. The molecule has 0 saturated carbocycles. The van der Waals surface area contributed by atoms with E-state index >= 15 is 0 Å². The van der Waals surface area contributed by atoms with E-state index in [1.807, 2.05) is 12.1 Å². The van der Waals surface area contributed by atoms with Crippen LogP contribution < -0.4 is 0 Å². The van der Waals surface area contributed by atoms with Crippen molar-refractivity contribution in [2.45, 2.75) is 24.5 Å². The van der Waals surface area contributed by atoms with Crippen molar-refractivity contribution in [3.8, 4) is 11.1 Å². The summed E-state index contributed by atoms with van der Waals surface area (Å²) in [5.74, 6) is -0.838. The third-order valence-electron chi connectivity index (χ3n) is 6.74. The molecule has 3 heterocycles. The highest BCUT2D eigenvalue weighted by atomic mass is 35.5. The Kier molecular flexibility index (Phi) is 5.91. The molecule has 5 rings (SSSR count).